The number of Topliss-reactive ketones (excluding diaryl/α,β-unsaturated/α-hetero) is 1. The van der Waals surface area contributed by atoms with Crippen molar-refractivity contribution in [2.24, 2.45) is 10.7 Å². The number of ketones is 1. The molecule has 1 atom stereocenters. The second kappa shape index (κ2) is 8.32. The number of carbonyl (C=O) groups excluding carboxylic acids is 1. The summed E-state index contributed by atoms with van der Waals surface area (Å²) < 4.78 is 57.9. The Morgan fingerprint density at radius 1 is 1.24 bits per heavy atom. The van der Waals surface area contributed by atoms with Crippen LogP contribution >= 0.6 is 11.6 Å². The molecule has 0 unspecified atom stereocenters. The van der Waals surface area contributed by atoms with Crippen molar-refractivity contribution in [3.63, 3.8) is 0 Å². The van der Waals surface area contributed by atoms with Crippen LogP contribution in [0.25, 0.3) is 0 Å². The Hall–Kier alpha value is -2.75. The van der Waals surface area contributed by atoms with E-state index in [0.717, 1.165) is 12.4 Å². The second-order valence-electron chi connectivity index (χ2n) is 6.31. The highest BCUT2D eigenvalue weighted by Gasteiger charge is 2.45. The molecule has 0 aliphatic carbocycles. The van der Waals surface area contributed by atoms with Crippen molar-refractivity contribution in [1.29, 1.82) is 0 Å². The first kappa shape index (κ1) is 21.0. The molecular formula is C18H15ClF4N4O2. The maximum absolute atomic E-state index is 14.0. The molecule has 154 valence electrons. The summed E-state index contributed by atoms with van der Waals surface area (Å²) in [5.41, 5.74) is 3.22. The first-order chi connectivity index (χ1) is 13.7. The first-order valence-corrected chi connectivity index (χ1v) is 8.79. The molecule has 0 bridgehead atoms. The molecule has 0 spiro atoms. The van der Waals surface area contributed by atoms with E-state index in [4.69, 9.17) is 22.1 Å². The van der Waals surface area contributed by atoms with E-state index in [0.29, 0.717) is 5.56 Å². The van der Waals surface area contributed by atoms with Crippen LogP contribution in [0.15, 0.2) is 35.6 Å². The van der Waals surface area contributed by atoms with Gasteiger partial charge >= 0.3 is 0 Å². The number of aliphatic imine (C=N–C) groups is 1. The van der Waals surface area contributed by atoms with E-state index in [2.05, 4.69) is 15.0 Å². The third kappa shape index (κ3) is 4.31. The summed E-state index contributed by atoms with van der Waals surface area (Å²) in [5.74, 6) is -0.521. The van der Waals surface area contributed by atoms with Gasteiger partial charge in [-0.25, -0.2) is 27.5 Å². The molecule has 0 radical (unpaired) electrons. The fourth-order valence-electron chi connectivity index (χ4n) is 2.95. The summed E-state index contributed by atoms with van der Waals surface area (Å²) in [6.07, 6.45) is -4.32. The fourth-order valence-corrected chi connectivity index (χ4v) is 3.23. The SMILES string of the molecule is NC1=N[C@@](c2cc(CC(=O)c3cnc(C(F)F)cn3)ccc2Cl)(C(F)F)CCO1. The normalized spacial score (nSPS) is 19.2. The maximum atomic E-state index is 14.0. The van der Waals surface area contributed by atoms with Crippen LogP contribution in [0, 0.1) is 0 Å². The van der Waals surface area contributed by atoms with Gasteiger partial charge in [0.25, 0.3) is 18.9 Å². The summed E-state index contributed by atoms with van der Waals surface area (Å²) in [7, 11) is 0. The van der Waals surface area contributed by atoms with Gasteiger partial charge in [-0.15, -0.1) is 0 Å². The van der Waals surface area contributed by atoms with E-state index in [1.807, 2.05) is 0 Å². The summed E-state index contributed by atoms with van der Waals surface area (Å²) in [5, 5.41) is 0.0426. The van der Waals surface area contributed by atoms with Gasteiger partial charge in [-0.1, -0.05) is 23.7 Å². The second-order valence-corrected chi connectivity index (χ2v) is 6.72. The molecule has 2 N–H and O–H groups in total. The Morgan fingerprint density at radius 2 is 2.00 bits per heavy atom. The summed E-state index contributed by atoms with van der Waals surface area (Å²) in [6.45, 7) is -0.0643. The van der Waals surface area contributed by atoms with E-state index < -0.39 is 29.9 Å². The van der Waals surface area contributed by atoms with Crippen LogP contribution in [0.3, 0.4) is 0 Å². The van der Waals surface area contributed by atoms with Crippen LogP contribution < -0.4 is 5.73 Å². The highest BCUT2D eigenvalue weighted by Crippen LogP contribution is 2.42. The number of carbonyl (C=O) groups is 1. The number of nitrogens with two attached hydrogens (primary N) is 1. The van der Waals surface area contributed by atoms with Gasteiger partial charge in [-0.2, -0.15) is 0 Å². The lowest BCUT2D eigenvalue weighted by Crippen LogP contribution is -2.41. The molecule has 2 aromatic rings. The lowest BCUT2D eigenvalue weighted by atomic mass is 9.85. The summed E-state index contributed by atoms with van der Waals surface area (Å²) in [6, 6.07) is 3.87. The molecule has 0 saturated heterocycles. The number of benzene rings is 1. The summed E-state index contributed by atoms with van der Waals surface area (Å²) in [4.78, 5) is 23.4. The fraction of sp³-hybridized carbons (Fsp3) is 0.333. The zero-order chi connectivity index (χ0) is 21.2. The van der Waals surface area contributed by atoms with Gasteiger partial charge in [-0.05, 0) is 11.6 Å². The number of halogens is 5. The van der Waals surface area contributed by atoms with Crippen molar-refractivity contribution >= 4 is 23.4 Å². The third-order valence-corrected chi connectivity index (χ3v) is 4.78. The molecule has 0 fully saturated rings. The van der Waals surface area contributed by atoms with Gasteiger partial charge in [0.2, 0.25) is 0 Å². The minimum Gasteiger partial charge on any atom is -0.465 e. The number of aromatic nitrogens is 2. The van der Waals surface area contributed by atoms with Gasteiger partial charge in [0, 0.05) is 23.4 Å². The van der Waals surface area contributed by atoms with Crippen LogP contribution in [-0.2, 0) is 16.7 Å². The molecule has 1 aromatic heterocycles. The van der Waals surface area contributed by atoms with E-state index in [1.165, 1.54) is 18.2 Å². The van der Waals surface area contributed by atoms with Crippen molar-refractivity contribution in [3.05, 3.63) is 58.1 Å². The third-order valence-electron chi connectivity index (χ3n) is 4.45. The quantitative estimate of drug-likeness (QED) is 0.557. The lowest BCUT2D eigenvalue weighted by Gasteiger charge is -2.33. The number of rotatable bonds is 6. The average molecular weight is 431 g/mol. The van der Waals surface area contributed by atoms with Crippen molar-refractivity contribution in [2.75, 3.05) is 6.61 Å². The van der Waals surface area contributed by atoms with Gasteiger partial charge in [-0.3, -0.25) is 9.78 Å². The minimum absolute atomic E-state index is 0.0184. The van der Waals surface area contributed by atoms with Crippen molar-refractivity contribution in [2.45, 2.75) is 31.2 Å². The molecule has 1 aliphatic heterocycles. The predicted octanol–water partition coefficient (Wildman–Crippen LogP) is 3.69. The average Bonchev–Trinajstić information content (AvgIpc) is 2.69. The first-order valence-electron chi connectivity index (χ1n) is 8.41. The number of hydrogen-bond acceptors (Lipinski definition) is 6. The molecule has 29 heavy (non-hydrogen) atoms. The molecule has 1 aliphatic rings. The van der Waals surface area contributed by atoms with E-state index in [-0.39, 0.29) is 41.8 Å². The Kier molecular flexibility index (Phi) is 6.02. The van der Waals surface area contributed by atoms with Crippen LogP contribution in [-0.4, -0.2) is 34.8 Å². The number of hydrogen-bond donors (Lipinski definition) is 1. The number of nitrogens with zero attached hydrogens (tertiary/aromatic N) is 3. The highest BCUT2D eigenvalue weighted by molar-refractivity contribution is 6.31. The Balaban J connectivity index is 1.91. The number of alkyl halides is 4. The molecular weight excluding hydrogens is 416 g/mol. The molecule has 0 amide bonds. The Morgan fingerprint density at radius 3 is 2.59 bits per heavy atom. The van der Waals surface area contributed by atoms with Crippen LogP contribution in [0.5, 0.6) is 0 Å². The minimum atomic E-state index is -2.92. The van der Waals surface area contributed by atoms with Gasteiger partial charge in [0.15, 0.2) is 11.3 Å². The number of amidine groups is 1. The topological polar surface area (TPSA) is 90.5 Å². The van der Waals surface area contributed by atoms with Gasteiger partial charge in [0.1, 0.15) is 11.4 Å². The zero-order valence-electron chi connectivity index (χ0n) is 14.8. The van der Waals surface area contributed by atoms with Crippen LogP contribution in [0.1, 0.15) is 40.2 Å². The maximum Gasteiger partial charge on any atom is 0.283 e. The van der Waals surface area contributed by atoms with Crippen molar-refractivity contribution < 1.29 is 27.1 Å². The molecule has 2 heterocycles. The Labute approximate surface area is 167 Å². The number of ether oxygens (including phenoxy) is 1. The van der Waals surface area contributed by atoms with Crippen LogP contribution in [0.2, 0.25) is 5.02 Å². The van der Waals surface area contributed by atoms with E-state index >= 15 is 0 Å². The van der Waals surface area contributed by atoms with E-state index in [1.54, 1.807) is 0 Å². The Bertz CT molecular complexity index is 940. The van der Waals surface area contributed by atoms with Crippen molar-refractivity contribution in [1.82, 2.24) is 9.97 Å². The van der Waals surface area contributed by atoms with E-state index in [9.17, 15) is 22.4 Å². The predicted molar refractivity (Wildman–Crippen MR) is 96.3 cm³/mol. The summed E-state index contributed by atoms with van der Waals surface area (Å²) >= 11 is 6.15. The molecule has 6 nitrogen and oxygen atoms in total. The standard InChI is InChI=1S/C18H15ClF4N4O2/c19-11-2-1-9(6-14(28)12-7-26-13(8-25-12)15(20)21)5-10(11)18(16(22)23)3-4-29-17(24)27-18/h1-2,5,7-8,15-16H,3-4,6H2,(H2,24,27)/t18-/m0/s1. The highest BCUT2D eigenvalue weighted by atomic mass is 35.5. The van der Waals surface area contributed by atoms with Crippen LogP contribution in [0.4, 0.5) is 17.6 Å². The van der Waals surface area contributed by atoms with Crippen molar-refractivity contribution in [3.8, 4) is 0 Å². The molecule has 0 saturated carbocycles. The monoisotopic (exact) mass is 430 g/mol. The zero-order valence-corrected chi connectivity index (χ0v) is 15.5. The van der Waals surface area contributed by atoms with Gasteiger partial charge in [0.05, 0.1) is 19.0 Å². The smallest absolute Gasteiger partial charge is 0.283 e. The lowest BCUT2D eigenvalue weighted by molar-refractivity contribution is 0.0267. The molecule has 11 heteroatoms. The molecule has 1 aromatic carbocycles. The van der Waals surface area contributed by atoms with Gasteiger partial charge < -0.3 is 10.5 Å². The largest absolute Gasteiger partial charge is 0.465 e. The molecule has 3 rings (SSSR count).